The van der Waals surface area contributed by atoms with Gasteiger partial charge in [0.2, 0.25) is 0 Å². The highest BCUT2D eigenvalue weighted by atomic mass is 15.2. The summed E-state index contributed by atoms with van der Waals surface area (Å²) >= 11 is 0. The molecule has 0 radical (unpaired) electrons. The number of fused-ring (bicyclic) bond motifs is 16. The van der Waals surface area contributed by atoms with Crippen molar-refractivity contribution in [2.75, 3.05) is 9.80 Å². The molecule has 2 aliphatic rings. The summed E-state index contributed by atoms with van der Waals surface area (Å²) in [4.78, 5) is 4.94. The quantitative estimate of drug-likeness (QED) is 0.155. The van der Waals surface area contributed by atoms with Gasteiger partial charge in [-0.05, 0) is 132 Å². The van der Waals surface area contributed by atoms with Gasteiger partial charge in [-0.3, -0.25) is 0 Å². The van der Waals surface area contributed by atoms with Crippen molar-refractivity contribution in [3.05, 3.63) is 265 Å². The maximum Gasteiger partial charge on any atom is 0.0727 e. The zero-order valence-electron chi connectivity index (χ0n) is 34.5. The van der Waals surface area contributed by atoms with E-state index in [1.165, 1.54) is 76.8 Å². The average Bonchev–Trinajstić information content (AvgIpc) is 3.83. The second kappa shape index (κ2) is 13.9. The lowest BCUT2D eigenvalue weighted by Crippen LogP contribution is -2.26. The minimum atomic E-state index is -0.552. The zero-order chi connectivity index (χ0) is 41.5. The third kappa shape index (κ3) is 5.13. The second-order valence-corrected chi connectivity index (χ2v) is 16.8. The molecule has 13 rings (SSSR count). The molecule has 0 amide bonds. The van der Waals surface area contributed by atoms with Gasteiger partial charge < -0.3 is 9.80 Å². The van der Waals surface area contributed by atoms with Crippen LogP contribution in [0.5, 0.6) is 0 Å². The average molecular weight is 801 g/mol. The van der Waals surface area contributed by atoms with Gasteiger partial charge in [0.25, 0.3) is 0 Å². The second-order valence-electron chi connectivity index (χ2n) is 16.8. The molecule has 1 spiro atoms. The van der Waals surface area contributed by atoms with Crippen molar-refractivity contribution in [3.63, 3.8) is 0 Å². The van der Waals surface area contributed by atoms with Crippen molar-refractivity contribution >= 4 is 66.4 Å². The van der Waals surface area contributed by atoms with E-state index >= 15 is 0 Å². The molecule has 0 heterocycles. The van der Waals surface area contributed by atoms with Gasteiger partial charge in [-0.15, -0.1) is 0 Å². The third-order valence-corrected chi connectivity index (χ3v) is 13.6. The minimum Gasteiger partial charge on any atom is -0.310 e. The van der Waals surface area contributed by atoms with Crippen LogP contribution in [0.2, 0.25) is 0 Å². The van der Waals surface area contributed by atoms with E-state index in [0.717, 1.165) is 34.1 Å². The van der Waals surface area contributed by atoms with Gasteiger partial charge >= 0.3 is 0 Å². The SMILES string of the molecule is c1ccc(N(c2cc(N(c3ccccc3)c3ccccc3)c3c(c2)C2(c4ccccc4-c4ccccc42)c2ccccc2-3)c2ccc3c4ccccc4c4ccccc4c3c2)cc1. The van der Waals surface area contributed by atoms with E-state index in [2.05, 4.69) is 252 Å². The highest BCUT2D eigenvalue weighted by molar-refractivity contribution is 6.26. The first-order chi connectivity index (χ1) is 31.3. The number of anilines is 6. The van der Waals surface area contributed by atoms with Crippen molar-refractivity contribution in [3.8, 4) is 22.3 Å². The maximum absolute atomic E-state index is 2.52. The Morgan fingerprint density at radius 2 is 0.635 bits per heavy atom. The van der Waals surface area contributed by atoms with Crippen molar-refractivity contribution in [2.45, 2.75) is 5.41 Å². The highest BCUT2D eigenvalue weighted by Crippen LogP contribution is 2.65. The lowest BCUT2D eigenvalue weighted by Gasteiger charge is -2.34. The fourth-order valence-corrected chi connectivity index (χ4v) is 11.1. The molecule has 0 N–H and O–H groups in total. The van der Waals surface area contributed by atoms with Gasteiger partial charge in [0.1, 0.15) is 0 Å². The van der Waals surface area contributed by atoms with Crippen LogP contribution in [0.15, 0.2) is 243 Å². The summed E-state index contributed by atoms with van der Waals surface area (Å²) in [5, 5.41) is 7.56. The van der Waals surface area contributed by atoms with E-state index in [0.29, 0.717) is 0 Å². The Kier molecular flexibility index (Phi) is 7.85. The predicted molar refractivity (Wildman–Crippen MR) is 265 cm³/mol. The molecule has 0 unspecified atom stereocenters. The summed E-state index contributed by atoms with van der Waals surface area (Å²) < 4.78 is 0. The lowest BCUT2D eigenvalue weighted by molar-refractivity contribution is 0.793. The van der Waals surface area contributed by atoms with Crippen molar-refractivity contribution in [1.82, 2.24) is 0 Å². The molecule has 11 aromatic carbocycles. The highest BCUT2D eigenvalue weighted by Gasteiger charge is 2.52. The van der Waals surface area contributed by atoms with Gasteiger partial charge in [-0.2, -0.15) is 0 Å². The fourth-order valence-electron chi connectivity index (χ4n) is 11.1. The Morgan fingerprint density at radius 3 is 1.16 bits per heavy atom. The molecule has 0 aliphatic heterocycles. The first kappa shape index (κ1) is 35.5. The van der Waals surface area contributed by atoms with Crippen LogP contribution in [0.1, 0.15) is 22.3 Å². The topological polar surface area (TPSA) is 6.48 Å². The molecule has 0 atom stereocenters. The molecule has 63 heavy (non-hydrogen) atoms. The molecule has 294 valence electrons. The van der Waals surface area contributed by atoms with Crippen LogP contribution in [-0.4, -0.2) is 0 Å². The van der Waals surface area contributed by atoms with Crippen molar-refractivity contribution in [2.24, 2.45) is 0 Å². The Bertz CT molecular complexity index is 3460. The number of nitrogens with zero attached hydrogens (tertiary/aromatic N) is 2. The largest absolute Gasteiger partial charge is 0.310 e. The van der Waals surface area contributed by atoms with Crippen LogP contribution >= 0.6 is 0 Å². The molecular weight excluding hydrogens is 761 g/mol. The van der Waals surface area contributed by atoms with E-state index in [1.54, 1.807) is 0 Å². The van der Waals surface area contributed by atoms with E-state index in [4.69, 9.17) is 0 Å². The normalized spacial score (nSPS) is 12.9. The smallest absolute Gasteiger partial charge is 0.0727 e. The molecule has 0 saturated carbocycles. The monoisotopic (exact) mass is 800 g/mol. The molecule has 0 aromatic heterocycles. The summed E-state index contributed by atoms with van der Waals surface area (Å²) in [5.74, 6) is 0. The summed E-state index contributed by atoms with van der Waals surface area (Å²) in [6.45, 7) is 0. The molecule has 11 aromatic rings. The first-order valence-corrected chi connectivity index (χ1v) is 21.9. The molecule has 2 nitrogen and oxygen atoms in total. The number of hydrogen-bond acceptors (Lipinski definition) is 2. The summed E-state index contributed by atoms with van der Waals surface area (Å²) in [6, 6.07) is 89.7. The summed E-state index contributed by atoms with van der Waals surface area (Å²) in [7, 11) is 0. The molecular formula is C61H40N2. The van der Waals surface area contributed by atoms with E-state index in [9.17, 15) is 0 Å². The van der Waals surface area contributed by atoms with Crippen LogP contribution < -0.4 is 9.80 Å². The van der Waals surface area contributed by atoms with Crippen LogP contribution in [0.3, 0.4) is 0 Å². The van der Waals surface area contributed by atoms with Gasteiger partial charge in [0.15, 0.2) is 0 Å². The van der Waals surface area contributed by atoms with Crippen LogP contribution in [0.25, 0.3) is 54.6 Å². The Morgan fingerprint density at radius 1 is 0.238 bits per heavy atom. The number of rotatable bonds is 6. The lowest BCUT2D eigenvalue weighted by atomic mass is 9.70. The van der Waals surface area contributed by atoms with E-state index in [1.807, 2.05) is 0 Å². The predicted octanol–water partition coefficient (Wildman–Crippen LogP) is 16.4. The van der Waals surface area contributed by atoms with Gasteiger partial charge in [-0.1, -0.05) is 182 Å². The number of hydrogen-bond donors (Lipinski definition) is 0. The summed E-state index contributed by atoms with van der Waals surface area (Å²) in [5.41, 5.74) is 16.4. The fraction of sp³-hybridized carbons (Fsp3) is 0.0164. The van der Waals surface area contributed by atoms with Crippen molar-refractivity contribution in [1.29, 1.82) is 0 Å². The zero-order valence-corrected chi connectivity index (χ0v) is 34.5. The van der Waals surface area contributed by atoms with Crippen LogP contribution in [0, 0.1) is 0 Å². The van der Waals surface area contributed by atoms with Crippen LogP contribution in [-0.2, 0) is 5.41 Å². The molecule has 0 saturated heterocycles. The first-order valence-electron chi connectivity index (χ1n) is 21.9. The maximum atomic E-state index is 2.52. The van der Waals surface area contributed by atoms with Gasteiger partial charge in [0.05, 0.1) is 11.1 Å². The standard InChI is InChI=1S/C61H40N2/c1-4-20-41(21-5-1)62(44-36-37-50-48-28-11-10-26-46(48)47-27-12-13-29-49(47)54(50)38-44)45-39-58-60(59(40-45)63(42-22-6-2-7-23-42)43-24-8-3-9-25-43)53-32-16-19-35-57(53)61(58)55-33-17-14-30-51(55)52-31-15-18-34-56(52)61/h1-40H. The third-order valence-electron chi connectivity index (χ3n) is 13.6. The minimum absolute atomic E-state index is 0.552. The number of para-hydroxylation sites is 3. The Labute approximate surface area is 367 Å². The Balaban J connectivity index is 1.18. The van der Waals surface area contributed by atoms with E-state index < -0.39 is 5.41 Å². The van der Waals surface area contributed by atoms with Gasteiger partial charge in [-0.25, -0.2) is 0 Å². The number of benzene rings is 11. The van der Waals surface area contributed by atoms with Crippen LogP contribution in [0.4, 0.5) is 34.1 Å². The van der Waals surface area contributed by atoms with Gasteiger partial charge in [0, 0.05) is 34.0 Å². The van der Waals surface area contributed by atoms with Crippen molar-refractivity contribution < 1.29 is 0 Å². The molecule has 0 bridgehead atoms. The summed E-state index contributed by atoms with van der Waals surface area (Å²) in [6.07, 6.45) is 0. The van der Waals surface area contributed by atoms with E-state index in [-0.39, 0.29) is 0 Å². The Hall–Kier alpha value is -8.20. The molecule has 0 fully saturated rings. The molecule has 2 heteroatoms. The molecule has 2 aliphatic carbocycles.